The molecule has 16 heavy (non-hydrogen) atoms. The zero-order chi connectivity index (χ0) is 11.7. The molecule has 0 aliphatic rings. The molecule has 2 rings (SSSR count). The quantitative estimate of drug-likeness (QED) is 0.878. The first-order chi connectivity index (χ1) is 7.58. The lowest BCUT2D eigenvalue weighted by molar-refractivity contribution is 0.362. The molecule has 1 unspecified atom stereocenters. The zero-order valence-electron chi connectivity index (χ0n) is 8.45. The SMILES string of the molecule is CC(N)c1nc(-c2ccc(F)cc2Cl)no1. The summed E-state index contributed by atoms with van der Waals surface area (Å²) in [5, 5.41) is 3.96. The van der Waals surface area contributed by atoms with Crippen molar-refractivity contribution >= 4 is 11.6 Å². The number of hydrogen-bond donors (Lipinski definition) is 1. The van der Waals surface area contributed by atoms with Gasteiger partial charge in [-0.1, -0.05) is 16.8 Å². The molecule has 0 bridgehead atoms. The van der Waals surface area contributed by atoms with Gasteiger partial charge in [0, 0.05) is 5.56 Å². The van der Waals surface area contributed by atoms with E-state index in [1.165, 1.54) is 18.2 Å². The first-order valence-electron chi connectivity index (χ1n) is 4.62. The van der Waals surface area contributed by atoms with Gasteiger partial charge in [-0.25, -0.2) is 4.39 Å². The molecule has 0 aliphatic carbocycles. The highest BCUT2D eigenvalue weighted by atomic mass is 35.5. The minimum Gasteiger partial charge on any atom is -0.337 e. The van der Waals surface area contributed by atoms with Crippen LogP contribution in [-0.2, 0) is 0 Å². The lowest BCUT2D eigenvalue weighted by Crippen LogP contribution is -2.04. The molecule has 1 aromatic heterocycles. The Labute approximate surface area is 96.2 Å². The molecule has 2 aromatic rings. The van der Waals surface area contributed by atoms with E-state index in [9.17, 15) is 4.39 Å². The molecule has 0 fully saturated rings. The van der Waals surface area contributed by atoms with E-state index in [1.807, 2.05) is 0 Å². The smallest absolute Gasteiger partial charge is 0.243 e. The second-order valence-electron chi connectivity index (χ2n) is 3.37. The van der Waals surface area contributed by atoms with Crippen molar-refractivity contribution in [1.29, 1.82) is 0 Å². The molecule has 0 aliphatic heterocycles. The van der Waals surface area contributed by atoms with Crippen LogP contribution in [0.15, 0.2) is 22.7 Å². The molecule has 1 atom stereocenters. The van der Waals surface area contributed by atoms with Crippen LogP contribution in [0.4, 0.5) is 4.39 Å². The van der Waals surface area contributed by atoms with Gasteiger partial charge in [0.2, 0.25) is 11.7 Å². The van der Waals surface area contributed by atoms with E-state index in [0.717, 1.165) is 0 Å². The molecule has 4 nitrogen and oxygen atoms in total. The van der Waals surface area contributed by atoms with Crippen molar-refractivity contribution in [3.8, 4) is 11.4 Å². The van der Waals surface area contributed by atoms with Gasteiger partial charge in [-0.2, -0.15) is 4.98 Å². The van der Waals surface area contributed by atoms with E-state index >= 15 is 0 Å². The van der Waals surface area contributed by atoms with Gasteiger partial charge in [0.1, 0.15) is 5.82 Å². The monoisotopic (exact) mass is 241 g/mol. The van der Waals surface area contributed by atoms with Crippen molar-refractivity contribution in [2.75, 3.05) is 0 Å². The third-order valence-corrected chi connectivity index (χ3v) is 2.32. The maximum atomic E-state index is 12.8. The molecule has 1 aromatic carbocycles. The zero-order valence-corrected chi connectivity index (χ0v) is 9.20. The Kier molecular flexibility index (Phi) is 2.89. The van der Waals surface area contributed by atoms with Crippen molar-refractivity contribution < 1.29 is 8.91 Å². The fourth-order valence-corrected chi connectivity index (χ4v) is 1.45. The number of nitrogens with zero attached hydrogens (tertiary/aromatic N) is 2. The lowest BCUT2D eigenvalue weighted by Gasteiger charge is -1.98. The predicted molar refractivity (Wildman–Crippen MR) is 57.3 cm³/mol. The van der Waals surface area contributed by atoms with E-state index in [-0.39, 0.29) is 11.1 Å². The van der Waals surface area contributed by atoms with Crippen molar-refractivity contribution in [1.82, 2.24) is 10.1 Å². The van der Waals surface area contributed by atoms with Gasteiger partial charge < -0.3 is 10.3 Å². The third-order valence-electron chi connectivity index (χ3n) is 2.00. The molecule has 0 radical (unpaired) electrons. The van der Waals surface area contributed by atoms with E-state index < -0.39 is 5.82 Å². The standard InChI is InChI=1S/C10H9ClFN3O/c1-5(13)10-14-9(15-16-10)7-3-2-6(12)4-8(7)11/h2-5H,13H2,1H3. The Balaban J connectivity index is 2.42. The summed E-state index contributed by atoms with van der Waals surface area (Å²) in [7, 11) is 0. The van der Waals surface area contributed by atoms with E-state index in [2.05, 4.69) is 10.1 Å². The number of aromatic nitrogens is 2. The Morgan fingerprint density at radius 3 is 2.81 bits per heavy atom. The Hall–Kier alpha value is -1.46. The second-order valence-corrected chi connectivity index (χ2v) is 3.78. The van der Waals surface area contributed by atoms with Crippen LogP contribution in [0, 0.1) is 5.82 Å². The van der Waals surface area contributed by atoms with Crippen LogP contribution in [0.3, 0.4) is 0 Å². The molecule has 1 heterocycles. The number of benzene rings is 1. The Morgan fingerprint density at radius 2 is 2.25 bits per heavy atom. The molecule has 0 saturated heterocycles. The molecule has 2 N–H and O–H groups in total. The van der Waals surface area contributed by atoms with Crippen molar-refractivity contribution in [3.05, 3.63) is 34.9 Å². The van der Waals surface area contributed by atoms with E-state index in [4.69, 9.17) is 21.9 Å². The van der Waals surface area contributed by atoms with Crippen LogP contribution in [0.2, 0.25) is 5.02 Å². The molecule has 0 amide bonds. The fourth-order valence-electron chi connectivity index (χ4n) is 1.20. The van der Waals surface area contributed by atoms with Crippen LogP contribution in [0.1, 0.15) is 18.9 Å². The van der Waals surface area contributed by atoms with Crippen LogP contribution in [0.25, 0.3) is 11.4 Å². The summed E-state index contributed by atoms with van der Waals surface area (Å²) < 4.78 is 17.8. The summed E-state index contributed by atoms with van der Waals surface area (Å²) in [6.45, 7) is 1.73. The van der Waals surface area contributed by atoms with Crippen LogP contribution < -0.4 is 5.73 Å². The summed E-state index contributed by atoms with van der Waals surface area (Å²) in [4.78, 5) is 4.06. The van der Waals surface area contributed by atoms with Gasteiger partial charge >= 0.3 is 0 Å². The van der Waals surface area contributed by atoms with Crippen LogP contribution in [-0.4, -0.2) is 10.1 Å². The highest BCUT2D eigenvalue weighted by Crippen LogP contribution is 2.26. The molecular weight excluding hydrogens is 233 g/mol. The minimum atomic E-state index is -0.412. The largest absolute Gasteiger partial charge is 0.337 e. The molecule has 84 valence electrons. The topological polar surface area (TPSA) is 64.9 Å². The average Bonchev–Trinajstić information content (AvgIpc) is 2.66. The summed E-state index contributed by atoms with van der Waals surface area (Å²) in [5.74, 6) is 0.206. The van der Waals surface area contributed by atoms with Crippen molar-refractivity contribution in [3.63, 3.8) is 0 Å². The average molecular weight is 242 g/mol. The van der Waals surface area contributed by atoms with E-state index in [1.54, 1.807) is 6.92 Å². The van der Waals surface area contributed by atoms with Gasteiger partial charge in [-0.15, -0.1) is 0 Å². The van der Waals surface area contributed by atoms with Crippen LogP contribution in [0.5, 0.6) is 0 Å². The van der Waals surface area contributed by atoms with Gasteiger partial charge in [0.25, 0.3) is 0 Å². The second kappa shape index (κ2) is 4.19. The van der Waals surface area contributed by atoms with Gasteiger partial charge in [0.15, 0.2) is 0 Å². The maximum absolute atomic E-state index is 12.8. The minimum absolute atomic E-state index is 0.233. The summed E-state index contributed by atoms with van der Waals surface area (Å²) in [5.41, 5.74) is 6.09. The highest BCUT2D eigenvalue weighted by molar-refractivity contribution is 6.33. The molecule has 0 spiro atoms. The van der Waals surface area contributed by atoms with Crippen molar-refractivity contribution in [2.24, 2.45) is 5.73 Å². The number of hydrogen-bond acceptors (Lipinski definition) is 4. The summed E-state index contributed by atoms with van der Waals surface area (Å²) in [6.07, 6.45) is 0. The summed E-state index contributed by atoms with van der Waals surface area (Å²) >= 11 is 5.86. The summed E-state index contributed by atoms with van der Waals surface area (Å²) in [6, 6.07) is 3.62. The normalized spacial score (nSPS) is 12.8. The highest BCUT2D eigenvalue weighted by Gasteiger charge is 2.14. The lowest BCUT2D eigenvalue weighted by atomic mass is 10.2. The van der Waals surface area contributed by atoms with Gasteiger partial charge in [-0.3, -0.25) is 0 Å². The fraction of sp³-hybridized carbons (Fsp3) is 0.200. The third kappa shape index (κ3) is 2.05. The van der Waals surface area contributed by atoms with Crippen LogP contribution >= 0.6 is 11.6 Å². The number of halogens is 2. The molecule has 6 heteroatoms. The number of rotatable bonds is 2. The first-order valence-corrected chi connectivity index (χ1v) is 5.00. The number of nitrogens with two attached hydrogens (primary N) is 1. The predicted octanol–water partition coefficient (Wildman–Crippen LogP) is 2.55. The molecule has 0 saturated carbocycles. The Morgan fingerprint density at radius 1 is 1.50 bits per heavy atom. The molecular formula is C10H9ClFN3O. The first kappa shape index (κ1) is 11.0. The maximum Gasteiger partial charge on any atom is 0.243 e. The van der Waals surface area contributed by atoms with Gasteiger partial charge in [-0.05, 0) is 25.1 Å². The van der Waals surface area contributed by atoms with E-state index in [0.29, 0.717) is 17.3 Å². The Bertz CT molecular complexity index is 513. The van der Waals surface area contributed by atoms with Gasteiger partial charge in [0.05, 0.1) is 11.1 Å². The van der Waals surface area contributed by atoms with Crippen molar-refractivity contribution in [2.45, 2.75) is 13.0 Å².